The third kappa shape index (κ3) is 8.37. The van der Waals surface area contributed by atoms with E-state index in [4.69, 9.17) is 9.78 Å². The summed E-state index contributed by atoms with van der Waals surface area (Å²) in [5.74, 6) is 0. The highest BCUT2D eigenvalue weighted by molar-refractivity contribution is 8.76. The van der Waals surface area contributed by atoms with Crippen molar-refractivity contribution in [3.63, 3.8) is 0 Å². The lowest BCUT2D eigenvalue weighted by atomic mass is 9.98. The van der Waals surface area contributed by atoms with Crippen LogP contribution in [0.1, 0.15) is 38.8 Å². The van der Waals surface area contributed by atoms with Crippen LogP contribution in [0.5, 0.6) is 0 Å². The van der Waals surface area contributed by atoms with Crippen LogP contribution in [0.25, 0.3) is 0 Å². The van der Waals surface area contributed by atoms with Gasteiger partial charge in [-0.2, -0.15) is 0 Å². The molecule has 0 N–H and O–H groups in total. The Hall–Kier alpha value is -2.50. The standard InChI is InChI=1S/C18H22O2.C12H10S2/c1-17(2,15-11-7-5-8-12-15)19-20-18(3,4)16-13-9-6-10-14-16;1-3-7-11(8-4-1)13-14-12-9-5-2-6-10-12/h5-14H,1-4H3;1-10H. The van der Waals surface area contributed by atoms with Crippen molar-refractivity contribution in [1.82, 2.24) is 0 Å². The van der Waals surface area contributed by atoms with Gasteiger partial charge in [0.15, 0.2) is 0 Å². The van der Waals surface area contributed by atoms with E-state index in [2.05, 4.69) is 48.5 Å². The summed E-state index contributed by atoms with van der Waals surface area (Å²) in [6, 6.07) is 41.0. The molecule has 0 saturated carbocycles. The largest absolute Gasteiger partial charge is 0.225 e. The van der Waals surface area contributed by atoms with E-state index in [0.29, 0.717) is 0 Å². The zero-order valence-corrected chi connectivity index (χ0v) is 21.8. The van der Waals surface area contributed by atoms with Crippen LogP contribution in [0.15, 0.2) is 131 Å². The van der Waals surface area contributed by atoms with Gasteiger partial charge >= 0.3 is 0 Å². The molecule has 0 unspecified atom stereocenters. The first kappa shape index (κ1) is 26.1. The summed E-state index contributed by atoms with van der Waals surface area (Å²) in [6.07, 6.45) is 0. The molecule has 0 bridgehead atoms. The average Bonchev–Trinajstić information content (AvgIpc) is 2.89. The molecule has 0 heterocycles. The molecule has 0 spiro atoms. The minimum absolute atomic E-state index is 0.493. The fourth-order valence-corrected chi connectivity index (χ4v) is 5.00. The molecule has 4 rings (SSSR count). The highest BCUT2D eigenvalue weighted by Gasteiger charge is 2.29. The van der Waals surface area contributed by atoms with Crippen LogP contribution in [0, 0.1) is 0 Å². The van der Waals surface area contributed by atoms with E-state index < -0.39 is 11.2 Å². The van der Waals surface area contributed by atoms with Crippen molar-refractivity contribution < 1.29 is 9.78 Å². The van der Waals surface area contributed by atoms with E-state index in [-0.39, 0.29) is 0 Å². The van der Waals surface area contributed by atoms with Gasteiger partial charge < -0.3 is 0 Å². The first-order chi connectivity index (χ1) is 16.4. The van der Waals surface area contributed by atoms with Gasteiger partial charge in [0.1, 0.15) is 11.2 Å². The van der Waals surface area contributed by atoms with Crippen LogP contribution < -0.4 is 0 Å². The highest BCUT2D eigenvalue weighted by Crippen LogP contribution is 2.36. The molecular formula is C30H32O2S2. The Morgan fingerprint density at radius 3 is 0.971 bits per heavy atom. The van der Waals surface area contributed by atoms with Crippen molar-refractivity contribution in [3.8, 4) is 0 Å². The molecule has 4 aromatic carbocycles. The Bertz CT molecular complexity index is 993. The molecular weight excluding hydrogens is 456 g/mol. The fraction of sp³-hybridized carbons (Fsp3) is 0.200. The zero-order valence-electron chi connectivity index (χ0n) is 20.2. The lowest BCUT2D eigenvalue weighted by molar-refractivity contribution is -0.410. The maximum absolute atomic E-state index is 5.73. The summed E-state index contributed by atoms with van der Waals surface area (Å²) in [5, 5.41) is 0. The Balaban J connectivity index is 0.000000202. The highest BCUT2D eigenvalue weighted by atomic mass is 33.1. The topological polar surface area (TPSA) is 18.5 Å². The van der Waals surface area contributed by atoms with Crippen LogP contribution in [0.3, 0.4) is 0 Å². The van der Waals surface area contributed by atoms with Crippen LogP contribution in [-0.2, 0) is 21.0 Å². The van der Waals surface area contributed by atoms with Crippen molar-refractivity contribution >= 4 is 21.6 Å². The van der Waals surface area contributed by atoms with E-state index in [1.807, 2.05) is 100 Å². The SMILES string of the molecule is CC(C)(OOC(C)(C)c1ccccc1)c1ccccc1.c1ccc(SSc2ccccc2)cc1. The molecule has 176 valence electrons. The van der Waals surface area contributed by atoms with E-state index in [0.717, 1.165) is 11.1 Å². The van der Waals surface area contributed by atoms with E-state index >= 15 is 0 Å². The summed E-state index contributed by atoms with van der Waals surface area (Å²) in [5.41, 5.74) is 1.19. The van der Waals surface area contributed by atoms with Gasteiger partial charge in [-0.15, -0.1) is 0 Å². The number of hydrogen-bond donors (Lipinski definition) is 0. The van der Waals surface area contributed by atoms with Gasteiger partial charge in [-0.25, -0.2) is 9.78 Å². The molecule has 0 aliphatic rings. The quantitative estimate of drug-likeness (QED) is 0.140. The molecule has 0 aromatic heterocycles. The molecule has 4 heteroatoms. The third-order valence-electron chi connectivity index (χ3n) is 5.12. The second kappa shape index (κ2) is 12.8. The van der Waals surface area contributed by atoms with Gasteiger partial charge in [0, 0.05) is 9.79 Å². The molecule has 0 aliphatic carbocycles. The summed E-state index contributed by atoms with van der Waals surface area (Å²) in [6.45, 7) is 8.01. The average molecular weight is 489 g/mol. The summed E-state index contributed by atoms with van der Waals surface area (Å²) < 4.78 is 0. The number of rotatable bonds is 8. The van der Waals surface area contributed by atoms with Gasteiger partial charge in [0.05, 0.1) is 0 Å². The monoisotopic (exact) mass is 488 g/mol. The summed E-state index contributed by atoms with van der Waals surface area (Å²) >= 11 is 0. The predicted molar refractivity (Wildman–Crippen MR) is 146 cm³/mol. The first-order valence-electron chi connectivity index (χ1n) is 11.3. The van der Waals surface area contributed by atoms with Crippen molar-refractivity contribution in [2.75, 3.05) is 0 Å². The number of hydrogen-bond acceptors (Lipinski definition) is 4. The Morgan fingerprint density at radius 2 is 0.676 bits per heavy atom. The molecule has 34 heavy (non-hydrogen) atoms. The minimum Gasteiger partial charge on any atom is -0.225 e. The Labute approximate surface area is 212 Å². The van der Waals surface area contributed by atoms with Gasteiger partial charge in [0.2, 0.25) is 0 Å². The minimum atomic E-state index is -0.493. The van der Waals surface area contributed by atoms with Crippen LogP contribution in [-0.4, -0.2) is 0 Å². The molecule has 0 aliphatic heterocycles. The molecule has 0 fully saturated rings. The van der Waals surface area contributed by atoms with Gasteiger partial charge in [-0.3, -0.25) is 0 Å². The van der Waals surface area contributed by atoms with Gasteiger partial charge in [-0.1, -0.05) is 119 Å². The van der Waals surface area contributed by atoms with Crippen molar-refractivity contribution in [2.45, 2.75) is 48.7 Å². The second-order valence-electron chi connectivity index (χ2n) is 8.71. The molecule has 4 aromatic rings. The lowest BCUT2D eigenvalue weighted by Crippen LogP contribution is -2.29. The summed E-state index contributed by atoms with van der Waals surface area (Å²) in [7, 11) is 3.58. The predicted octanol–water partition coefficient (Wildman–Crippen LogP) is 9.29. The van der Waals surface area contributed by atoms with Gasteiger partial charge in [-0.05, 0) is 63.1 Å². The van der Waals surface area contributed by atoms with Crippen molar-refractivity contribution in [2.24, 2.45) is 0 Å². The number of benzene rings is 4. The lowest BCUT2D eigenvalue weighted by Gasteiger charge is -2.31. The van der Waals surface area contributed by atoms with Crippen LogP contribution in [0.4, 0.5) is 0 Å². The van der Waals surface area contributed by atoms with Crippen LogP contribution >= 0.6 is 21.6 Å². The molecule has 2 nitrogen and oxygen atoms in total. The van der Waals surface area contributed by atoms with E-state index in [1.54, 1.807) is 21.6 Å². The normalized spacial score (nSPS) is 11.4. The Morgan fingerprint density at radius 1 is 0.412 bits per heavy atom. The Kier molecular flexibility index (Phi) is 9.85. The molecule has 0 atom stereocenters. The van der Waals surface area contributed by atoms with Crippen LogP contribution in [0.2, 0.25) is 0 Å². The molecule has 0 amide bonds. The van der Waals surface area contributed by atoms with Gasteiger partial charge in [0.25, 0.3) is 0 Å². The third-order valence-corrected chi connectivity index (χ3v) is 7.53. The molecule has 0 saturated heterocycles. The smallest absolute Gasteiger partial charge is 0.123 e. The second-order valence-corrected chi connectivity index (χ2v) is 11.0. The van der Waals surface area contributed by atoms with Crippen molar-refractivity contribution in [1.29, 1.82) is 0 Å². The van der Waals surface area contributed by atoms with E-state index in [9.17, 15) is 0 Å². The van der Waals surface area contributed by atoms with E-state index in [1.165, 1.54) is 9.79 Å². The maximum atomic E-state index is 5.73. The fourth-order valence-electron chi connectivity index (χ4n) is 3.03. The zero-order chi connectivity index (χ0) is 24.3. The maximum Gasteiger partial charge on any atom is 0.123 e. The van der Waals surface area contributed by atoms with Crippen molar-refractivity contribution in [3.05, 3.63) is 132 Å². The molecule has 0 radical (unpaired) electrons. The first-order valence-corrected chi connectivity index (χ1v) is 13.4. The summed E-state index contributed by atoms with van der Waals surface area (Å²) in [4.78, 5) is 14.1.